The molecule has 21 heavy (non-hydrogen) atoms. The average Bonchev–Trinajstić information content (AvgIpc) is 2.78. The number of nitrogens with one attached hydrogen (secondary N) is 1. The van der Waals surface area contributed by atoms with Gasteiger partial charge in [0.1, 0.15) is 5.75 Å². The van der Waals surface area contributed by atoms with Crippen molar-refractivity contribution < 1.29 is 24.2 Å². The summed E-state index contributed by atoms with van der Waals surface area (Å²) in [6, 6.07) is 6.18. The second-order valence-corrected chi connectivity index (χ2v) is 5.20. The molecule has 1 aliphatic heterocycles. The Morgan fingerprint density at radius 2 is 2.33 bits per heavy atom. The molecule has 0 aromatic heterocycles. The smallest absolute Gasteiger partial charge is 0.341 e. The van der Waals surface area contributed by atoms with Crippen LogP contribution in [0.25, 0.3) is 0 Å². The van der Waals surface area contributed by atoms with E-state index in [1.54, 1.807) is 31.2 Å². The predicted octanol–water partition coefficient (Wildman–Crippen LogP) is 0.452. The number of ether oxygens (including phenoxy) is 2. The number of carboxylic acids is 1. The minimum atomic E-state index is -1.06. The minimum Gasteiger partial charge on any atom is -0.482 e. The number of hydrogen-bond donors (Lipinski definition) is 3. The van der Waals surface area contributed by atoms with Gasteiger partial charge < -0.3 is 25.6 Å². The topological polar surface area (TPSA) is 111 Å². The van der Waals surface area contributed by atoms with Crippen molar-refractivity contribution in [3.05, 3.63) is 24.3 Å². The second kappa shape index (κ2) is 6.11. The lowest BCUT2D eigenvalue weighted by Crippen LogP contribution is -2.47. The van der Waals surface area contributed by atoms with Crippen LogP contribution >= 0.6 is 0 Å². The van der Waals surface area contributed by atoms with Gasteiger partial charge in [-0.05, 0) is 19.1 Å². The number of aliphatic carboxylic acids is 1. The van der Waals surface area contributed by atoms with E-state index in [4.69, 9.17) is 20.3 Å². The maximum atomic E-state index is 12.3. The molecular weight excluding hydrogens is 276 g/mol. The third-order valence-electron chi connectivity index (χ3n) is 3.49. The summed E-state index contributed by atoms with van der Waals surface area (Å²) < 4.78 is 10.3. The average molecular weight is 294 g/mol. The summed E-state index contributed by atoms with van der Waals surface area (Å²) in [6.07, 6.45) is 0. The number of rotatable bonds is 5. The molecule has 0 bridgehead atoms. The highest BCUT2D eigenvalue weighted by Crippen LogP contribution is 2.29. The summed E-state index contributed by atoms with van der Waals surface area (Å²) in [5.41, 5.74) is 5.64. The Kier molecular flexibility index (Phi) is 4.44. The van der Waals surface area contributed by atoms with Crippen LogP contribution in [0.3, 0.4) is 0 Å². The van der Waals surface area contributed by atoms with Gasteiger partial charge in [-0.15, -0.1) is 0 Å². The van der Waals surface area contributed by atoms with Gasteiger partial charge >= 0.3 is 5.97 Å². The molecule has 2 unspecified atom stereocenters. The van der Waals surface area contributed by atoms with E-state index in [-0.39, 0.29) is 18.6 Å². The molecule has 1 heterocycles. The van der Waals surface area contributed by atoms with Crippen molar-refractivity contribution in [1.82, 2.24) is 0 Å². The van der Waals surface area contributed by atoms with Crippen molar-refractivity contribution in [1.29, 1.82) is 0 Å². The highest BCUT2D eigenvalue weighted by Gasteiger charge is 2.44. The van der Waals surface area contributed by atoms with Crippen molar-refractivity contribution in [3.8, 4) is 5.75 Å². The summed E-state index contributed by atoms with van der Waals surface area (Å²) in [5, 5.41) is 11.3. The van der Waals surface area contributed by atoms with Crippen LogP contribution in [0.4, 0.5) is 5.69 Å². The molecule has 7 nitrogen and oxygen atoms in total. The van der Waals surface area contributed by atoms with Crippen LogP contribution in [0.5, 0.6) is 5.75 Å². The SMILES string of the molecule is CC1(C(=O)Nc2cccc(OCC(=O)O)c2)COCC1N. The van der Waals surface area contributed by atoms with Crippen molar-refractivity contribution in [3.63, 3.8) is 0 Å². The van der Waals surface area contributed by atoms with Gasteiger partial charge in [0.2, 0.25) is 5.91 Å². The van der Waals surface area contributed by atoms with Gasteiger partial charge in [-0.3, -0.25) is 4.79 Å². The molecule has 1 aromatic carbocycles. The number of nitrogens with two attached hydrogens (primary N) is 1. The molecule has 2 rings (SSSR count). The molecule has 0 aliphatic carbocycles. The maximum Gasteiger partial charge on any atom is 0.341 e. The first-order valence-corrected chi connectivity index (χ1v) is 6.51. The Labute approximate surface area is 122 Å². The fourth-order valence-electron chi connectivity index (χ4n) is 2.01. The summed E-state index contributed by atoms with van der Waals surface area (Å²) >= 11 is 0. The van der Waals surface area contributed by atoms with Gasteiger partial charge in [-0.2, -0.15) is 0 Å². The van der Waals surface area contributed by atoms with Crippen LogP contribution < -0.4 is 15.8 Å². The van der Waals surface area contributed by atoms with E-state index in [0.717, 1.165) is 0 Å². The molecular formula is C14H18N2O5. The van der Waals surface area contributed by atoms with Crippen LogP contribution in [-0.4, -0.2) is 42.8 Å². The van der Waals surface area contributed by atoms with E-state index in [2.05, 4.69) is 5.32 Å². The monoisotopic (exact) mass is 294 g/mol. The van der Waals surface area contributed by atoms with E-state index in [1.165, 1.54) is 0 Å². The fraction of sp³-hybridized carbons (Fsp3) is 0.429. The molecule has 1 amide bonds. The number of hydrogen-bond acceptors (Lipinski definition) is 5. The molecule has 1 aromatic rings. The first-order valence-electron chi connectivity index (χ1n) is 6.51. The molecule has 0 saturated carbocycles. The number of amides is 1. The molecule has 1 saturated heterocycles. The lowest BCUT2D eigenvalue weighted by Gasteiger charge is -2.25. The third kappa shape index (κ3) is 3.50. The summed E-state index contributed by atoms with van der Waals surface area (Å²) in [7, 11) is 0. The van der Waals surface area contributed by atoms with Gasteiger partial charge in [0.15, 0.2) is 6.61 Å². The lowest BCUT2D eigenvalue weighted by atomic mass is 9.85. The van der Waals surface area contributed by atoms with Crippen molar-refractivity contribution in [2.75, 3.05) is 25.1 Å². The highest BCUT2D eigenvalue weighted by atomic mass is 16.5. The minimum absolute atomic E-state index is 0.233. The Hall–Kier alpha value is -2.12. The Morgan fingerprint density at radius 1 is 1.57 bits per heavy atom. The maximum absolute atomic E-state index is 12.3. The molecule has 2 atom stereocenters. The van der Waals surface area contributed by atoms with E-state index < -0.39 is 18.0 Å². The first-order chi connectivity index (χ1) is 9.91. The zero-order valence-corrected chi connectivity index (χ0v) is 11.7. The zero-order valence-electron chi connectivity index (χ0n) is 11.7. The molecule has 114 valence electrons. The Morgan fingerprint density at radius 3 is 2.95 bits per heavy atom. The fourth-order valence-corrected chi connectivity index (χ4v) is 2.01. The first kappa shape index (κ1) is 15.3. The summed E-state index contributed by atoms with van der Waals surface area (Å²) in [6.45, 7) is 1.94. The van der Waals surface area contributed by atoms with Crippen LogP contribution in [0.1, 0.15) is 6.92 Å². The van der Waals surface area contributed by atoms with Crippen molar-refractivity contribution >= 4 is 17.6 Å². The number of carboxylic acid groups (broad SMARTS) is 1. The van der Waals surface area contributed by atoms with Crippen LogP contribution in [-0.2, 0) is 14.3 Å². The van der Waals surface area contributed by atoms with Gasteiger partial charge in [-0.25, -0.2) is 4.79 Å². The quantitative estimate of drug-likeness (QED) is 0.727. The van der Waals surface area contributed by atoms with Gasteiger partial charge in [-0.1, -0.05) is 6.07 Å². The van der Waals surface area contributed by atoms with E-state index in [0.29, 0.717) is 18.0 Å². The van der Waals surface area contributed by atoms with E-state index >= 15 is 0 Å². The van der Waals surface area contributed by atoms with Crippen LogP contribution in [0.2, 0.25) is 0 Å². The number of carbonyl (C=O) groups excluding carboxylic acids is 1. The Bertz CT molecular complexity index is 548. The molecule has 1 fully saturated rings. The molecule has 4 N–H and O–H groups in total. The summed E-state index contributed by atoms with van der Waals surface area (Å²) in [5.74, 6) is -0.929. The predicted molar refractivity (Wildman–Crippen MR) is 75.1 cm³/mol. The van der Waals surface area contributed by atoms with Gasteiger partial charge in [0.05, 0.1) is 18.6 Å². The highest BCUT2D eigenvalue weighted by molar-refractivity contribution is 5.96. The second-order valence-electron chi connectivity index (χ2n) is 5.20. The standard InChI is InChI=1S/C14H18N2O5/c1-14(8-20-6-11(14)15)13(19)16-9-3-2-4-10(5-9)21-7-12(17)18/h2-5,11H,6-8,15H2,1H3,(H,16,19)(H,17,18). The number of carbonyl (C=O) groups is 2. The molecule has 0 spiro atoms. The summed E-state index contributed by atoms with van der Waals surface area (Å²) in [4.78, 5) is 22.8. The molecule has 1 aliphatic rings. The van der Waals surface area contributed by atoms with Crippen molar-refractivity contribution in [2.45, 2.75) is 13.0 Å². The Balaban J connectivity index is 2.04. The van der Waals surface area contributed by atoms with E-state index in [1.807, 2.05) is 0 Å². The van der Waals surface area contributed by atoms with Crippen LogP contribution in [0, 0.1) is 5.41 Å². The van der Waals surface area contributed by atoms with Crippen LogP contribution in [0.15, 0.2) is 24.3 Å². The third-order valence-corrected chi connectivity index (χ3v) is 3.49. The van der Waals surface area contributed by atoms with Crippen molar-refractivity contribution in [2.24, 2.45) is 11.1 Å². The van der Waals surface area contributed by atoms with Gasteiger partial charge in [0, 0.05) is 17.8 Å². The van der Waals surface area contributed by atoms with Gasteiger partial charge in [0.25, 0.3) is 0 Å². The normalized spacial score (nSPS) is 24.6. The molecule has 7 heteroatoms. The zero-order chi connectivity index (χ0) is 15.5. The molecule has 0 radical (unpaired) electrons. The number of anilines is 1. The van der Waals surface area contributed by atoms with E-state index in [9.17, 15) is 9.59 Å². The largest absolute Gasteiger partial charge is 0.482 e. The lowest BCUT2D eigenvalue weighted by molar-refractivity contribution is -0.139. The number of benzene rings is 1.